The van der Waals surface area contributed by atoms with Crippen LogP contribution in [0.5, 0.6) is 0 Å². The van der Waals surface area contributed by atoms with Gasteiger partial charge in [0.15, 0.2) is 9.84 Å². The average Bonchev–Trinajstić information content (AvgIpc) is 2.18. The van der Waals surface area contributed by atoms with E-state index in [0.717, 1.165) is 0 Å². The predicted octanol–water partition coefficient (Wildman–Crippen LogP) is 1.86. The Morgan fingerprint density at radius 2 is 2.00 bits per heavy atom. The first-order valence-corrected chi connectivity index (χ1v) is 7.34. The number of hydrogen-bond acceptors (Lipinski definition) is 3. The minimum absolute atomic E-state index is 0.0476. The van der Waals surface area contributed by atoms with Crippen LogP contribution in [0, 0.1) is 11.7 Å². The van der Waals surface area contributed by atoms with Crippen LogP contribution < -0.4 is 5.73 Å². The highest BCUT2D eigenvalue weighted by molar-refractivity contribution is 7.90. The van der Waals surface area contributed by atoms with Crippen LogP contribution in [0.4, 0.5) is 4.39 Å². The number of halogens is 1. The molecule has 0 spiro atoms. The Morgan fingerprint density at radius 3 is 2.47 bits per heavy atom. The van der Waals surface area contributed by atoms with Crippen LogP contribution in [0.3, 0.4) is 0 Å². The zero-order valence-corrected chi connectivity index (χ0v) is 10.9. The molecule has 0 atom stereocenters. The molecule has 0 aliphatic heterocycles. The number of sulfone groups is 1. The maximum absolute atomic E-state index is 13.6. The largest absolute Gasteiger partial charge is 0.326 e. The summed E-state index contributed by atoms with van der Waals surface area (Å²) in [6.07, 6.45) is 0. The van der Waals surface area contributed by atoms with Crippen molar-refractivity contribution in [2.24, 2.45) is 11.7 Å². The Labute approximate surface area is 102 Å². The smallest absolute Gasteiger partial charge is 0.154 e. The van der Waals surface area contributed by atoms with E-state index in [1.165, 1.54) is 12.1 Å². The molecule has 0 bridgehead atoms. The molecule has 2 N–H and O–H groups in total. The Bertz CT molecular complexity index is 483. The van der Waals surface area contributed by atoms with Crippen molar-refractivity contribution in [3.63, 3.8) is 0 Å². The monoisotopic (exact) mass is 259 g/mol. The average molecular weight is 259 g/mol. The second-order valence-corrected chi connectivity index (χ2v) is 6.69. The summed E-state index contributed by atoms with van der Waals surface area (Å²) in [7, 11) is -3.25. The van der Waals surface area contributed by atoms with Gasteiger partial charge in [-0.1, -0.05) is 26.0 Å². The van der Waals surface area contributed by atoms with Crippen molar-refractivity contribution in [2.75, 3.05) is 5.75 Å². The van der Waals surface area contributed by atoms with Crippen molar-refractivity contribution in [3.8, 4) is 0 Å². The normalized spacial score (nSPS) is 12.1. The summed E-state index contributed by atoms with van der Waals surface area (Å²) < 4.78 is 37.0. The first-order valence-electron chi connectivity index (χ1n) is 5.52. The summed E-state index contributed by atoms with van der Waals surface area (Å²) in [4.78, 5) is 0. The number of rotatable bonds is 5. The Morgan fingerprint density at radius 1 is 1.35 bits per heavy atom. The maximum Gasteiger partial charge on any atom is 0.154 e. The quantitative estimate of drug-likeness (QED) is 0.878. The molecule has 0 fully saturated rings. The molecule has 0 unspecified atom stereocenters. The van der Waals surface area contributed by atoms with E-state index in [1.54, 1.807) is 6.07 Å². The van der Waals surface area contributed by atoms with E-state index < -0.39 is 15.7 Å². The highest BCUT2D eigenvalue weighted by Crippen LogP contribution is 2.15. The number of hydrogen-bond donors (Lipinski definition) is 1. The Kier molecular flexibility index (Phi) is 4.65. The lowest BCUT2D eigenvalue weighted by molar-refractivity contribution is 0.575. The Balaban J connectivity index is 2.89. The fourth-order valence-electron chi connectivity index (χ4n) is 1.64. The lowest BCUT2D eigenvalue weighted by Gasteiger charge is -2.08. The third-order valence-electron chi connectivity index (χ3n) is 2.32. The lowest BCUT2D eigenvalue weighted by atomic mass is 10.1. The summed E-state index contributed by atoms with van der Waals surface area (Å²) in [6, 6.07) is 4.44. The van der Waals surface area contributed by atoms with E-state index >= 15 is 0 Å². The van der Waals surface area contributed by atoms with E-state index in [4.69, 9.17) is 5.73 Å². The van der Waals surface area contributed by atoms with Crippen LogP contribution in [0.1, 0.15) is 25.0 Å². The molecule has 1 aromatic carbocycles. The van der Waals surface area contributed by atoms with E-state index in [2.05, 4.69) is 0 Å². The van der Waals surface area contributed by atoms with Gasteiger partial charge in [0.05, 0.1) is 11.5 Å². The summed E-state index contributed by atoms with van der Waals surface area (Å²) in [5.74, 6) is -0.626. The van der Waals surface area contributed by atoms with Gasteiger partial charge in [-0.2, -0.15) is 0 Å². The van der Waals surface area contributed by atoms with E-state index in [1.807, 2.05) is 13.8 Å². The second kappa shape index (κ2) is 5.60. The first kappa shape index (κ1) is 14.1. The third-order valence-corrected chi connectivity index (χ3v) is 4.24. The van der Waals surface area contributed by atoms with Gasteiger partial charge in [0, 0.05) is 12.1 Å². The number of benzene rings is 1. The highest BCUT2D eigenvalue weighted by atomic mass is 32.2. The van der Waals surface area contributed by atoms with Crippen molar-refractivity contribution < 1.29 is 12.8 Å². The molecule has 5 heteroatoms. The minimum Gasteiger partial charge on any atom is -0.326 e. The van der Waals surface area contributed by atoms with Gasteiger partial charge in [-0.05, 0) is 17.5 Å². The lowest BCUT2D eigenvalue weighted by Crippen LogP contribution is -2.14. The molecular weight excluding hydrogens is 241 g/mol. The van der Waals surface area contributed by atoms with Crippen LogP contribution in [0.2, 0.25) is 0 Å². The van der Waals surface area contributed by atoms with E-state index in [0.29, 0.717) is 5.56 Å². The minimum atomic E-state index is -3.25. The predicted molar refractivity (Wildman–Crippen MR) is 66.6 cm³/mol. The van der Waals surface area contributed by atoms with Gasteiger partial charge in [0.2, 0.25) is 0 Å². The molecule has 0 aliphatic carbocycles. The van der Waals surface area contributed by atoms with Crippen LogP contribution in [-0.2, 0) is 22.1 Å². The van der Waals surface area contributed by atoms with Crippen LogP contribution >= 0.6 is 0 Å². The molecule has 0 saturated carbocycles. The molecule has 0 radical (unpaired) electrons. The zero-order chi connectivity index (χ0) is 13.1. The van der Waals surface area contributed by atoms with E-state index in [-0.39, 0.29) is 29.5 Å². The fraction of sp³-hybridized carbons (Fsp3) is 0.500. The summed E-state index contributed by atoms with van der Waals surface area (Å²) >= 11 is 0. The van der Waals surface area contributed by atoms with Gasteiger partial charge < -0.3 is 5.73 Å². The van der Waals surface area contributed by atoms with Crippen molar-refractivity contribution >= 4 is 9.84 Å². The van der Waals surface area contributed by atoms with Crippen molar-refractivity contribution in [3.05, 3.63) is 35.1 Å². The van der Waals surface area contributed by atoms with Gasteiger partial charge in [-0.15, -0.1) is 0 Å². The van der Waals surface area contributed by atoms with Gasteiger partial charge in [0.1, 0.15) is 5.82 Å². The van der Waals surface area contributed by atoms with Crippen molar-refractivity contribution in [2.45, 2.75) is 26.1 Å². The molecule has 3 nitrogen and oxygen atoms in total. The summed E-state index contributed by atoms with van der Waals surface area (Å²) in [6.45, 7) is 3.90. The summed E-state index contributed by atoms with van der Waals surface area (Å²) in [5, 5.41) is 0. The topological polar surface area (TPSA) is 60.2 Å². The first-order chi connectivity index (χ1) is 7.84. The van der Waals surface area contributed by atoms with E-state index in [9.17, 15) is 12.8 Å². The SMILES string of the molecule is CC(C)CS(=O)(=O)Cc1ccc(CN)cc1F. The molecule has 0 saturated heterocycles. The zero-order valence-electron chi connectivity index (χ0n) is 10.1. The fourth-order valence-corrected chi connectivity index (χ4v) is 3.48. The molecule has 1 rings (SSSR count). The van der Waals surface area contributed by atoms with Crippen molar-refractivity contribution in [1.82, 2.24) is 0 Å². The molecule has 96 valence electrons. The molecule has 17 heavy (non-hydrogen) atoms. The third kappa shape index (κ3) is 4.44. The molecule has 1 aromatic rings. The van der Waals surface area contributed by atoms with Gasteiger partial charge in [0.25, 0.3) is 0 Å². The second-order valence-electron chi connectivity index (χ2n) is 4.58. The van der Waals surface area contributed by atoms with Crippen LogP contribution in [0.15, 0.2) is 18.2 Å². The van der Waals surface area contributed by atoms with Crippen LogP contribution in [-0.4, -0.2) is 14.2 Å². The Hall–Kier alpha value is -0.940. The van der Waals surface area contributed by atoms with Gasteiger partial charge in [-0.25, -0.2) is 12.8 Å². The summed E-state index contributed by atoms with van der Waals surface area (Å²) in [5.41, 5.74) is 6.25. The highest BCUT2D eigenvalue weighted by Gasteiger charge is 2.16. The van der Waals surface area contributed by atoms with Gasteiger partial charge >= 0.3 is 0 Å². The molecule has 0 heterocycles. The molecule has 0 amide bonds. The molecule has 0 aromatic heterocycles. The molecule has 0 aliphatic rings. The standard InChI is InChI=1S/C12H18FNO2S/c1-9(2)7-17(15,16)8-11-4-3-10(6-14)5-12(11)13/h3-5,9H,6-8,14H2,1-2H3. The van der Waals surface area contributed by atoms with Gasteiger partial charge in [-0.3, -0.25) is 0 Å². The maximum atomic E-state index is 13.6. The number of nitrogens with two attached hydrogens (primary N) is 1. The van der Waals surface area contributed by atoms with Crippen molar-refractivity contribution in [1.29, 1.82) is 0 Å². The van der Waals surface area contributed by atoms with Crippen LogP contribution in [0.25, 0.3) is 0 Å². The molecular formula is C12H18FNO2S.